The summed E-state index contributed by atoms with van der Waals surface area (Å²) in [5.74, 6) is -0.164. The highest BCUT2D eigenvalue weighted by Crippen LogP contribution is 2.30. The molecule has 7 heteroatoms. The molecule has 0 radical (unpaired) electrons. The molecule has 4 heterocycles. The van der Waals surface area contributed by atoms with Crippen LogP contribution in [0.1, 0.15) is 16.1 Å². The summed E-state index contributed by atoms with van der Waals surface area (Å²) in [4.78, 5) is 27.0. The van der Waals surface area contributed by atoms with Crippen LogP contribution in [0.15, 0.2) is 67.1 Å². The van der Waals surface area contributed by atoms with Gasteiger partial charge in [0, 0.05) is 48.5 Å². The molecule has 1 amide bonds. The van der Waals surface area contributed by atoms with Gasteiger partial charge < -0.3 is 19.9 Å². The molecule has 0 aliphatic carbocycles. The number of morpholine rings is 1. The van der Waals surface area contributed by atoms with Crippen LogP contribution in [0, 0.1) is 0 Å². The Bertz CT molecular complexity index is 1200. The third-order valence-electron chi connectivity index (χ3n) is 5.74. The van der Waals surface area contributed by atoms with Gasteiger partial charge in [-0.1, -0.05) is 36.4 Å². The van der Waals surface area contributed by atoms with Crippen molar-refractivity contribution < 1.29 is 9.53 Å². The number of aromatic nitrogens is 3. The fourth-order valence-electron chi connectivity index (χ4n) is 3.97. The first kappa shape index (κ1) is 20.2. The molecule has 1 aliphatic heterocycles. The second-order valence-electron chi connectivity index (χ2n) is 7.82. The number of H-pyrrole nitrogens is 1. The fraction of sp³-hybridized carbons (Fsp3) is 0.240. The number of hydrogen-bond acceptors (Lipinski definition) is 5. The van der Waals surface area contributed by atoms with E-state index in [0.717, 1.165) is 60.6 Å². The van der Waals surface area contributed by atoms with Gasteiger partial charge in [-0.05, 0) is 24.1 Å². The largest absolute Gasteiger partial charge is 0.378 e. The summed E-state index contributed by atoms with van der Waals surface area (Å²) >= 11 is 0. The predicted molar refractivity (Wildman–Crippen MR) is 125 cm³/mol. The lowest BCUT2D eigenvalue weighted by molar-refractivity contribution is 0.0949. The monoisotopic (exact) mass is 427 g/mol. The van der Waals surface area contributed by atoms with Gasteiger partial charge in [-0.3, -0.25) is 9.78 Å². The summed E-state index contributed by atoms with van der Waals surface area (Å²) in [5.41, 5.74) is 5.49. The molecule has 1 fully saturated rings. The van der Waals surface area contributed by atoms with Crippen molar-refractivity contribution >= 4 is 22.6 Å². The van der Waals surface area contributed by atoms with Gasteiger partial charge in [0.15, 0.2) is 0 Å². The Hall–Kier alpha value is -3.71. The molecule has 0 unspecified atom stereocenters. The SMILES string of the molecule is O=C(NCCc1ccccc1)c1ccc(-c2c[nH]c3ncc(N4CCOCC4)cc23)cn1. The fourth-order valence-corrected chi connectivity index (χ4v) is 3.97. The van der Waals surface area contributed by atoms with Crippen molar-refractivity contribution in [1.29, 1.82) is 0 Å². The lowest BCUT2D eigenvalue weighted by atomic mass is 10.1. The zero-order chi connectivity index (χ0) is 21.8. The van der Waals surface area contributed by atoms with Gasteiger partial charge in [-0.2, -0.15) is 0 Å². The van der Waals surface area contributed by atoms with E-state index in [1.807, 2.05) is 36.7 Å². The van der Waals surface area contributed by atoms with E-state index in [0.29, 0.717) is 12.2 Å². The maximum atomic E-state index is 12.5. The maximum Gasteiger partial charge on any atom is 0.269 e. The molecule has 5 rings (SSSR count). The summed E-state index contributed by atoms with van der Waals surface area (Å²) in [6.07, 6.45) is 6.38. The molecular weight excluding hydrogens is 402 g/mol. The van der Waals surface area contributed by atoms with Crippen molar-refractivity contribution in [2.75, 3.05) is 37.7 Å². The van der Waals surface area contributed by atoms with Gasteiger partial charge in [0.25, 0.3) is 5.91 Å². The van der Waals surface area contributed by atoms with Crippen LogP contribution in [0.2, 0.25) is 0 Å². The first-order valence-electron chi connectivity index (χ1n) is 10.9. The van der Waals surface area contributed by atoms with Crippen LogP contribution in [0.5, 0.6) is 0 Å². The van der Waals surface area contributed by atoms with E-state index in [2.05, 4.69) is 43.4 Å². The minimum absolute atomic E-state index is 0.164. The molecule has 7 nitrogen and oxygen atoms in total. The summed E-state index contributed by atoms with van der Waals surface area (Å²) in [7, 11) is 0. The van der Waals surface area contributed by atoms with Crippen molar-refractivity contribution in [3.05, 3.63) is 78.4 Å². The molecule has 0 saturated carbocycles. The summed E-state index contributed by atoms with van der Waals surface area (Å²) < 4.78 is 5.45. The van der Waals surface area contributed by atoms with Crippen molar-refractivity contribution in [2.24, 2.45) is 0 Å². The van der Waals surface area contributed by atoms with Gasteiger partial charge in [0.2, 0.25) is 0 Å². The second-order valence-corrected chi connectivity index (χ2v) is 7.82. The molecule has 1 aliphatic rings. The van der Waals surface area contributed by atoms with Crippen LogP contribution in [0.25, 0.3) is 22.2 Å². The number of fused-ring (bicyclic) bond motifs is 1. The number of carbonyl (C=O) groups excluding carboxylic acids is 1. The van der Waals surface area contributed by atoms with Gasteiger partial charge in [-0.25, -0.2) is 4.98 Å². The average molecular weight is 428 g/mol. The number of pyridine rings is 2. The number of aromatic amines is 1. The van der Waals surface area contributed by atoms with E-state index < -0.39 is 0 Å². The summed E-state index contributed by atoms with van der Waals surface area (Å²) in [6.45, 7) is 3.77. The Morgan fingerprint density at radius 3 is 2.69 bits per heavy atom. The second kappa shape index (κ2) is 9.20. The standard InChI is InChI=1S/C25H25N5O2/c31-25(26-9-8-18-4-2-1-3-5-18)23-7-6-19(15-27-23)22-17-29-24-21(22)14-20(16-28-24)30-10-12-32-13-11-30/h1-7,14-17H,8-13H2,(H,26,31)(H,28,29). The molecule has 32 heavy (non-hydrogen) atoms. The number of benzene rings is 1. The summed E-state index contributed by atoms with van der Waals surface area (Å²) in [6, 6.07) is 16.0. The third-order valence-corrected chi connectivity index (χ3v) is 5.74. The zero-order valence-electron chi connectivity index (χ0n) is 17.8. The number of amides is 1. The topological polar surface area (TPSA) is 83.1 Å². The Kier molecular flexibility index (Phi) is 5.81. The third kappa shape index (κ3) is 4.33. The van der Waals surface area contributed by atoms with E-state index >= 15 is 0 Å². The lowest BCUT2D eigenvalue weighted by Crippen LogP contribution is -2.36. The van der Waals surface area contributed by atoms with Crippen molar-refractivity contribution in [3.63, 3.8) is 0 Å². The normalized spacial score (nSPS) is 13.9. The van der Waals surface area contributed by atoms with E-state index in [9.17, 15) is 4.79 Å². The van der Waals surface area contributed by atoms with E-state index in [1.54, 1.807) is 12.3 Å². The van der Waals surface area contributed by atoms with Crippen LogP contribution >= 0.6 is 0 Å². The van der Waals surface area contributed by atoms with Gasteiger partial charge in [0.05, 0.1) is 25.1 Å². The Labute approximate surface area is 186 Å². The van der Waals surface area contributed by atoms with E-state index in [4.69, 9.17) is 4.74 Å². The molecule has 4 aromatic rings. The van der Waals surface area contributed by atoms with Gasteiger partial charge in [-0.15, -0.1) is 0 Å². The Morgan fingerprint density at radius 2 is 1.91 bits per heavy atom. The van der Waals surface area contributed by atoms with Crippen LogP contribution in [-0.2, 0) is 11.2 Å². The minimum Gasteiger partial charge on any atom is -0.378 e. The van der Waals surface area contributed by atoms with Crippen LogP contribution in [0.4, 0.5) is 5.69 Å². The lowest BCUT2D eigenvalue weighted by Gasteiger charge is -2.28. The summed E-state index contributed by atoms with van der Waals surface area (Å²) in [5, 5.41) is 3.98. The first-order chi connectivity index (χ1) is 15.8. The Morgan fingerprint density at radius 1 is 1.06 bits per heavy atom. The molecular formula is C25H25N5O2. The number of rotatable bonds is 6. The number of anilines is 1. The average Bonchev–Trinajstić information content (AvgIpc) is 3.28. The highest BCUT2D eigenvalue weighted by molar-refractivity contribution is 5.96. The molecule has 0 bridgehead atoms. The molecule has 2 N–H and O–H groups in total. The van der Waals surface area contributed by atoms with Crippen LogP contribution < -0.4 is 10.2 Å². The van der Waals surface area contributed by atoms with Crippen molar-refractivity contribution in [2.45, 2.75) is 6.42 Å². The predicted octanol–water partition coefficient (Wildman–Crippen LogP) is 3.43. The smallest absolute Gasteiger partial charge is 0.269 e. The number of hydrogen-bond donors (Lipinski definition) is 2. The van der Waals surface area contributed by atoms with Crippen molar-refractivity contribution in [3.8, 4) is 11.1 Å². The Balaban J connectivity index is 1.29. The van der Waals surface area contributed by atoms with Crippen LogP contribution in [-0.4, -0.2) is 53.7 Å². The highest BCUT2D eigenvalue weighted by Gasteiger charge is 2.15. The zero-order valence-corrected chi connectivity index (χ0v) is 17.8. The molecule has 0 spiro atoms. The molecule has 162 valence electrons. The maximum absolute atomic E-state index is 12.5. The minimum atomic E-state index is -0.164. The van der Waals surface area contributed by atoms with Crippen molar-refractivity contribution in [1.82, 2.24) is 20.3 Å². The number of nitrogens with one attached hydrogen (secondary N) is 2. The number of carbonyl (C=O) groups is 1. The molecule has 3 aromatic heterocycles. The molecule has 1 aromatic carbocycles. The van der Waals surface area contributed by atoms with Crippen LogP contribution in [0.3, 0.4) is 0 Å². The highest BCUT2D eigenvalue weighted by atomic mass is 16.5. The van der Waals surface area contributed by atoms with Gasteiger partial charge >= 0.3 is 0 Å². The number of nitrogens with zero attached hydrogens (tertiary/aromatic N) is 3. The quantitative estimate of drug-likeness (QED) is 0.493. The molecule has 1 saturated heterocycles. The van der Waals surface area contributed by atoms with E-state index in [1.165, 1.54) is 5.56 Å². The van der Waals surface area contributed by atoms with E-state index in [-0.39, 0.29) is 5.91 Å². The first-order valence-corrected chi connectivity index (χ1v) is 10.9. The van der Waals surface area contributed by atoms with Gasteiger partial charge in [0.1, 0.15) is 11.3 Å². The number of ether oxygens (including phenoxy) is 1. The molecule has 0 atom stereocenters.